The number of fused-ring (bicyclic) bond motifs is 6. The maximum atomic E-state index is 14.0. The number of piperidine rings is 3. The van der Waals surface area contributed by atoms with Gasteiger partial charge in [0.2, 0.25) is 0 Å². The zero-order chi connectivity index (χ0) is 80.7. The van der Waals surface area contributed by atoms with Crippen LogP contribution in [0, 0.1) is 35.5 Å². The molecule has 0 atom stereocenters. The highest BCUT2D eigenvalue weighted by Gasteiger charge is 2.51. The number of nitrogens with two attached hydrogens (primary N) is 4. The van der Waals surface area contributed by atoms with Crippen LogP contribution >= 0.6 is 0 Å². The van der Waals surface area contributed by atoms with Gasteiger partial charge in [0.05, 0.1) is 36.1 Å². The molecule has 3 saturated heterocycles. The number of hydrogen-bond acceptors (Lipinski definition) is 18. The van der Waals surface area contributed by atoms with Crippen LogP contribution in [0.15, 0.2) is 224 Å². The summed E-state index contributed by atoms with van der Waals surface area (Å²) in [6, 6.07) is 62.1. The number of anilines is 3. The Labute approximate surface area is 668 Å². The van der Waals surface area contributed by atoms with Crippen LogP contribution in [-0.4, -0.2) is 141 Å². The minimum absolute atomic E-state index is 0.00269. The molecule has 3 aromatic heterocycles. The smallest absolute Gasteiger partial charge is 0.337 e. The molecule has 0 radical (unpaired) electrons. The monoisotopic (exact) mass is 1580 g/mol. The van der Waals surface area contributed by atoms with Crippen molar-refractivity contribution < 1.29 is 63.5 Å². The number of amides is 3. The Kier molecular flexibility index (Phi) is 23.2. The standard InChI is InChI=1S/C34H31N3O6S.C29H29N3O4.C26H26N4O4S/c1-42-33(39)26-8-5-9-28(21-26)44(40,41)37-23-34(29-20-25(22-35)11-14-30(29)37)16-18-36(19-17-34)32(38)31-15-13-27(43-31)12-10-24-6-3-2-4-7-24;1-35-27(33)19-32-20-29(24-17-22(18-30)8-11-25(24)32)13-15-31(16-14-29)28(34)26-12-10-23(36-26)9-7-21-5-3-2-4-6-21;27-17-20-7-10-23-22(16-20)26(18-30(23)35(28,32)33)12-14-29(15-13-26)25(31)24-11-9-21(34-24)8-6-19-4-2-1-3-5-19/h2-9,11,13-15,20-21H,16-19,22-23,35H2,1H3;2-6,8,10-12,17H,13-16,18-20,30H2,1H3;1-5,7,9-11,16H,12-15,17-18,27H2,(H2,28,32,33). The minimum atomic E-state index is -4.02. The third kappa shape index (κ3) is 17.0. The van der Waals surface area contributed by atoms with Gasteiger partial charge in [0.15, 0.2) is 34.6 Å². The molecular formula is C89H86N10O14S2. The van der Waals surface area contributed by atoms with Crippen LogP contribution in [0.4, 0.5) is 17.1 Å². The van der Waals surface area contributed by atoms with Gasteiger partial charge in [-0.2, -0.15) is 8.42 Å². The molecule has 10 aromatic rings. The lowest BCUT2D eigenvalue weighted by molar-refractivity contribution is -0.139. The maximum absolute atomic E-state index is 14.0. The van der Waals surface area contributed by atoms with E-state index in [-0.39, 0.29) is 70.7 Å². The van der Waals surface area contributed by atoms with E-state index in [0.29, 0.717) is 126 Å². The van der Waals surface area contributed by atoms with E-state index >= 15 is 0 Å². The third-order valence-electron chi connectivity index (χ3n) is 22.4. The van der Waals surface area contributed by atoms with Crippen LogP contribution in [-0.2, 0) is 70.4 Å². The second-order valence-corrected chi connectivity index (χ2v) is 32.6. The van der Waals surface area contributed by atoms with Gasteiger partial charge in [-0.1, -0.05) is 115 Å². The first-order valence-electron chi connectivity index (χ1n) is 37.8. The van der Waals surface area contributed by atoms with Crippen molar-refractivity contribution in [1.82, 2.24) is 14.7 Å². The molecule has 3 spiro atoms. The van der Waals surface area contributed by atoms with Crippen molar-refractivity contribution in [3.05, 3.63) is 296 Å². The highest BCUT2D eigenvalue weighted by molar-refractivity contribution is 7.93. The topological polar surface area (TPSA) is 335 Å². The molecule has 115 heavy (non-hydrogen) atoms. The summed E-state index contributed by atoms with van der Waals surface area (Å²) in [5.74, 6) is 18.6. The highest BCUT2D eigenvalue weighted by Crippen LogP contribution is 2.52. The van der Waals surface area contributed by atoms with E-state index in [1.54, 1.807) is 58.3 Å². The summed E-state index contributed by atoms with van der Waals surface area (Å²) >= 11 is 0. The summed E-state index contributed by atoms with van der Waals surface area (Å²) in [7, 11) is -5.28. The lowest BCUT2D eigenvalue weighted by Crippen LogP contribution is -2.48. The molecule has 7 aromatic carbocycles. The van der Waals surface area contributed by atoms with Gasteiger partial charge >= 0.3 is 11.9 Å². The van der Waals surface area contributed by atoms with E-state index in [9.17, 15) is 40.8 Å². The van der Waals surface area contributed by atoms with Crippen molar-refractivity contribution in [2.24, 2.45) is 22.3 Å². The molecule has 3 fully saturated rings. The van der Waals surface area contributed by atoms with Crippen LogP contribution in [0.25, 0.3) is 0 Å². The second kappa shape index (κ2) is 33.7. The van der Waals surface area contributed by atoms with Crippen LogP contribution in [0.1, 0.15) is 148 Å². The van der Waals surface area contributed by atoms with Gasteiger partial charge in [0.25, 0.3) is 38.0 Å². The van der Waals surface area contributed by atoms with Gasteiger partial charge in [-0.15, -0.1) is 0 Å². The Morgan fingerprint density at radius 1 is 0.409 bits per heavy atom. The summed E-state index contributed by atoms with van der Waals surface area (Å²) in [5, 5.41) is 5.52. The first kappa shape index (κ1) is 79.2. The largest absolute Gasteiger partial charge is 0.468 e. The molecule has 0 bridgehead atoms. The van der Waals surface area contributed by atoms with Crippen molar-refractivity contribution in [2.75, 3.05) is 93.2 Å². The fraction of sp³-hybridized carbons (Fsp3) is 0.270. The van der Waals surface area contributed by atoms with Crippen molar-refractivity contribution in [1.29, 1.82) is 0 Å². The van der Waals surface area contributed by atoms with Crippen molar-refractivity contribution >= 4 is 67.0 Å². The Morgan fingerprint density at radius 3 is 1.15 bits per heavy atom. The Balaban J connectivity index is 0.000000144. The summed E-state index contributed by atoms with van der Waals surface area (Å²) in [6.45, 7) is 5.50. The fourth-order valence-corrected chi connectivity index (χ4v) is 18.5. The molecule has 26 heteroatoms. The maximum Gasteiger partial charge on any atom is 0.337 e. The van der Waals surface area contributed by atoms with E-state index in [4.69, 9.17) is 45.1 Å². The molecule has 0 aliphatic carbocycles. The van der Waals surface area contributed by atoms with Gasteiger partial charge in [0.1, 0.15) is 6.54 Å². The first-order valence-corrected chi connectivity index (χ1v) is 40.7. The van der Waals surface area contributed by atoms with Crippen molar-refractivity contribution in [3.63, 3.8) is 0 Å². The molecule has 9 heterocycles. The molecular weight excluding hydrogens is 1500 g/mol. The Hall–Kier alpha value is -12.5. The van der Waals surface area contributed by atoms with Gasteiger partial charge in [-0.05, 0) is 199 Å². The number of carbonyl (C=O) groups is 5. The number of carbonyl (C=O) groups excluding carboxylic acids is 5. The predicted octanol–water partition coefficient (Wildman–Crippen LogP) is 9.95. The number of ether oxygens (including phenoxy) is 2. The van der Waals surface area contributed by atoms with Crippen LogP contribution in [0.5, 0.6) is 0 Å². The molecule has 8 N–H and O–H groups in total. The molecule has 3 amide bonds. The van der Waals surface area contributed by atoms with E-state index in [2.05, 4.69) is 46.5 Å². The minimum Gasteiger partial charge on any atom is -0.468 e. The molecule has 0 saturated carbocycles. The summed E-state index contributed by atoms with van der Waals surface area (Å²) < 4.78 is 82.2. The lowest BCUT2D eigenvalue weighted by atomic mass is 9.74. The fourth-order valence-electron chi connectivity index (χ4n) is 16.1. The average Bonchev–Trinajstić information content (AvgIpc) is 1.57. The lowest BCUT2D eigenvalue weighted by Gasteiger charge is -2.39. The second-order valence-electron chi connectivity index (χ2n) is 29.2. The number of furan rings is 3. The number of rotatable bonds is 12. The highest BCUT2D eigenvalue weighted by atomic mass is 32.2. The number of benzene rings is 7. The van der Waals surface area contributed by atoms with Crippen LogP contribution < -0.4 is 35.9 Å². The predicted molar refractivity (Wildman–Crippen MR) is 434 cm³/mol. The van der Waals surface area contributed by atoms with E-state index in [1.807, 2.05) is 132 Å². The Bertz CT molecular complexity index is 5770. The van der Waals surface area contributed by atoms with Gasteiger partial charge < -0.3 is 59.5 Å². The third-order valence-corrected chi connectivity index (χ3v) is 25.0. The Morgan fingerprint density at radius 2 is 0.774 bits per heavy atom. The zero-order valence-corrected chi connectivity index (χ0v) is 65.2. The van der Waals surface area contributed by atoms with Crippen LogP contribution in [0.2, 0.25) is 0 Å². The summed E-state index contributed by atoms with van der Waals surface area (Å²) in [6.07, 6.45) is 3.89. The van der Waals surface area contributed by atoms with Crippen LogP contribution in [0.3, 0.4) is 0 Å². The van der Waals surface area contributed by atoms with E-state index < -0.39 is 37.0 Å². The van der Waals surface area contributed by atoms with Gasteiger partial charge in [0, 0.05) is 117 Å². The molecule has 24 nitrogen and oxygen atoms in total. The summed E-state index contributed by atoms with van der Waals surface area (Å²) in [5.41, 5.74) is 27.5. The number of methoxy groups -OCH3 is 2. The zero-order valence-electron chi connectivity index (χ0n) is 63.6. The van der Waals surface area contributed by atoms with Crippen molar-refractivity contribution in [2.45, 2.75) is 79.3 Å². The molecule has 6 aliphatic heterocycles. The average molecular weight is 1580 g/mol. The molecule has 0 unspecified atom stereocenters. The van der Waals surface area contributed by atoms with Gasteiger partial charge in [-0.25, -0.2) is 18.4 Å². The van der Waals surface area contributed by atoms with E-state index in [0.717, 1.165) is 63.0 Å². The normalized spacial score (nSPS) is 15.9. The van der Waals surface area contributed by atoms with Gasteiger partial charge in [-0.3, -0.25) is 27.8 Å². The van der Waals surface area contributed by atoms with Crippen molar-refractivity contribution in [3.8, 4) is 35.5 Å². The molecule has 16 rings (SSSR count). The summed E-state index contributed by atoms with van der Waals surface area (Å²) in [4.78, 5) is 71.2. The number of nitrogens with zero attached hydrogens (tertiary/aromatic N) is 6. The molecule has 6 aliphatic rings. The quantitative estimate of drug-likeness (QED) is 0.0652. The molecule has 588 valence electrons. The number of sulfonamides is 1. The first-order chi connectivity index (χ1) is 55.5. The SMILES string of the molecule is COC(=O)CN1CC2(CCN(C(=O)c3ccc(C#Cc4ccccc4)o3)CC2)c2cc(CN)ccc21.COC(=O)c1cccc(S(=O)(=O)N2CC3(CCN(C(=O)c4ccc(C#Cc5ccccc5)o4)CC3)c3cc(CN)ccc32)c1.NCc1ccc2c(c1)C1(CCN(C(=O)c3ccc(C#Cc4ccccc4)o3)CC1)CN2S(N)(=O)=O. The number of likely N-dealkylation sites (tertiary alicyclic amines) is 3. The van der Waals surface area contributed by atoms with E-state index in [1.165, 1.54) is 52.7 Å². The number of hydrogen-bond donors (Lipinski definition) is 4. The number of esters is 2.